The van der Waals surface area contributed by atoms with E-state index in [4.69, 9.17) is 15.6 Å². The lowest BCUT2D eigenvalue weighted by Crippen LogP contribution is -2.24. The van der Waals surface area contributed by atoms with Gasteiger partial charge in [-0.2, -0.15) is 0 Å². The lowest BCUT2D eigenvalue weighted by molar-refractivity contribution is -0.138. The maximum atomic E-state index is 11.1. The van der Waals surface area contributed by atoms with Gasteiger partial charge >= 0.3 is 5.97 Å². The number of benzene rings is 1. The van der Waals surface area contributed by atoms with Crippen LogP contribution in [0.2, 0.25) is 0 Å². The molecule has 102 valence electrons. The highest BCUT2D eigenvalue weighted by molar-refractivity contribution is 5.89. The number of hydrogen-bond acceptors (Lipinski definition) is 3. The Hall–Kier alpha value is -2.01. The third kappa shape index (κ3) is 2.17. The van der Waals surface area contributed by atoms with Gasteiger partial charge in [0.15, 0.2) is 0 Å². The quantitative estimate of drug-likeness (QED) is 0.886. The van der Waals surface area contributed by atoms with Crippen LogP contribution in [0.3, 0.4) is 0 Å². The van der Waals surface area contributed by atoms with Crippen LogP contribution in [0.1, 0.15) is 31.6 Å². The van der Waals surface area contributed by atoms with Crippen LogP contribution in [0.5, 0.6) is 5.75 Å². The van der Waals surface area contributed by atoms with Gasteiger partial charge in [0.05, 0.1) is 12.6 Å². The van der Waals surface area contributed by atoms with Crippen LogP contribution in [-0.4, -0.2) is 22.8 Å². The van der Waals surface area contributed by atoms with Crippen LogP contribution in [0, 0.1) is 0 Å². The molecule has 0 spiro atoms. The summed E-state index contributed by atoms with van der Waals surface area (Å²) in [5, 5.41) is 10.1. The smallest absolute Gasteiger partial charge is 0.326 e. The van der Waals surface area contributed by atoms with Gasteiger partial charge in [0.2, 0.25) is 0 Å². The summed E-state index contributed by atoms with van der Waals surface area (Å²) >= 11 is 0. The van der Waals surface area contributed by atoms with E-state index in [1.807, 2.05) is 42.7 Å². The fourth-order valence-corrected chi connectivity index (χ4v) is 2.36. The SMILES string of the molecule is COc1cccc2cc(C(N)C(=O)O)n(C(C)C)c12. The first kappa shape index (κ1) is 13.4. The number of methoxy groups -OCH3 is 1. The van der Waals surface area contributed by atoms with E-state index in [-0.39, 0.29) is 6.04 Å². The zero-order chi connectivity index (χ0) is 14.2. The molecule has 0 aliphatic carbocycles. The topological polar surface area (TPSA) is 77.5 Å². The average Bonchev–Trinajstić information content (AvgIpc) is 2.76. The Bertz CT molecular complexity index is 616. The summed E-state index contributed by atoms with van der Waals surface area (Å²) in [5.74, 6) is -0.321. The Morgan fingerprint density at radius 3 is 2.63 bits per heavy atom. The molecule has 0 radical (unpaired) electrons. The highest BCUT2D eigenvalue weighted by Crippen LogP contribution is 2.33. The van der Waals surface area contributed by atoms with Crippen LogP contribution < -0.4 is 10.5 Å². The van der Waals surface area contributed by atoms with Crippen molar-refractivity contribution in [1.29, 1.82) is 0 Å². The molecule has 0 aliphatic heterocycles. The second kappa shape index (κ2) is 4.93. The van der Waals surface area contributed by atoms with Crippen molar-refractivity contribution in [3.05, 3.63) is 30.0 Å². The van der Waals surface area contributed by atoms with Gasteiger partial charge in [-0.15, -0.1) is 0 Å². The number of carbonyl (C=O) groups is 1. The number of hydrogen-bond donors (Lipinski definition) is 2. The molecule has 1 unspecified atom stereocenters. The number of carboxylic acid groups (broad SMARTS) is 1. The van der Waals surface area contributed by atoms with Crippen LogP contribution in [-0.2, 0) is 4.79 Å². The van der Waals surface area contributed by atoms with Crippen LogP contribution in [0.15, 0.2) is 24.3 Å². The second-order valence-electron chi connectivity index (χ2n) is 4.75. The minimum absolute atomic E-state index is 0.0919. The minimum atomic E-state index is -1.04. The highest BCUT2D eigenvalue weighted by Gasteiger charge is 2.23. The summed E-state index contributed by atoms with van der Waals surface area (Å²) in [6.07, 6.45) is 0. The first-order valence-corrected chi connectivity index (χ1v) is 6.13. The van der Waals surface area contributed by atoms with Crippen molar-refractivity contribution in [3.8, 4) is 5.75 Å². The van der Waals surface area contributed by atoms with Crippen LogP contribution in [0.25, 0.3) is 10.9 Å². The summed E-state index contributed by atoms with van der Waals surface area (Å²) in [7, 11) is 1.60. The van der Waals surface area contributed by atoms with Gasteiger partial charge in [0.1, 0.15) is 11.8 Å². The molecule has 2 aromatic rings. The van der Waals surface area contributed by atoms with Crippen LogP contribution in [0.4, 0.5) is 0 Å². The Morgan fingerprint density at radius 2 is 2.11 bits per heavy atom. The first-order valence-electron chi connectivity index (χ1n) is 6.13. The van der Waals surface area contributed by atoms with Gasteiger partial charge in [0.25, 0.3) is 0 Å². The van der Waals surface area contributed by atoms with Gasteiger partial charge in [-0.05, 0) is 26.0 Å². The Labute approximate surface area is 111 Å². The fourth-order valence-electron chi connectivity index (χ4n) is 2.36. The zero-order valence-corrected chi connectivity index (χ0v) is 11.3. The summed E-state index contributed by atoms with van der Waals surface area (Å²) in [4.78, 5) is 11.1. The molecule has 1 heterocycles. The molecule has 0 aliphatic rings. The molecule has 1 aromatic heterocycles. The third-order valence-corrected chi connectivity index (χ3v) is 3.17. The molecule has 0 saturated carbocycles. The molecule has 2 rings (SSSR count). The predicted octanol–water partition coefficient (Wildman–Crippen LogP) is 2.32. The van der Waals surface area contributed by atoms with Crippen molar-refractivity contribution in [2.24, 2.45) is 5.73 Å². The molecule has 1 aromatic carbocycles. The van der Waals surface area contributed by atoms with Gasteiger partial charge in [-0.25, -0.2) is 0 Å². The molecule has 1 atom stereocenters. The van der Waals surface area contributed by atoms with Crippen molar-refractivity contribution in [1.82, 2.24) is 4.57 Å². The van der Waals surface area contributed by atoms with E-state index in [2.05, 4.69) is 0 Å². The minimum Gasteiger partial charge on any atom is -0.495 e. The monoisotopic (exact) mass is 262 g/mol. The standard InChI is InChI=1S/C14H18N2O3/c1-8(2)16-10(12(15)14(17)18)7-9-5-4-6-11(19-3)13(9)16/h4-8,12H,15H2,1-3H3,(H,17,18). The molecule has 0 amide bonds. The van der Waals surface area contributed by atoms with Gasteiger partial charge in [-0.1, -0.05) is 12.1 Å². The van der Waals surface area contributed by atoms with Crippen LogP contribution >= 0.6 is 0 Å². The lowest BCUT2D eigenvalue weighted by atomic mass is 10.2. The van der Waals surface area contributed by atoms with Crippen molar-refractivity contribution in [2.45, 2.75) is 25.9 Å². The first-order chi connectivity index (χ1) is 8.97. The molecule has 5 heteroatoms. The lowest BCUT2D eigenvalue weighted by Gasteiger charge is -2.18. The molecule has 3 N–H and O–H groups in total. The van der Waals surface area contributed by atoms with E-state index in [9.17, 15) is 4.79 Å². The maximum absolute atomic E-state index is 11.1. The van der Waals surface area contributed by atoms with E-state index in [0.717, 1.165) is 16.7 Å². The van der Waals surface area contributed by atoms with Gasteiger partial charge in [0, 0.05) is 17.1 Å². The molecule has 0 bridgehead atoms. The van der Waals surface area contributed by atoms with Gasteiger partial charge < -0.3 is 20.1 Å². The highest BCUT2D eigenvalue weighted by atomic mass is 16.5. The number of aliphatic carboxylic acids is 1. The third-order valence-electron chi connectivity index (χ3n) is 3.17. The largest absolute Gasteiger partial charge is 0.495 e. The molecular formula is C14H18N2O3. The maximum Gasteiger partial charge on any atom is 0.326 e. The van der Waals surface area contributed by atoms with E-state index in [1.165, 1.54) is 0 Å². The number of fused-ring (bicyclic) bond motifs is 1. The molecule has 19 heavy (non-hydrogen) atoms. The van der Waals surface area contributed by atoms with Crippen molar-refractivity contribution in [2.75, 3.05) is 7.11 Å². The summed E-state index contributed by atoms with van der Waals surface area (Å²) in [6, 6.07) is 6.53. The number of rotatable bonds is 4. The Balaban J connectivity index is 2.78. The van der Waals surface area contributed by atoms with E-state index in [1.54, 1.807) is 7.11 Å². The number of nitrogens with two attached hydrogens (primary N) is 1. The van der Waals surface area contributed by atoms with Crippen molar-refractivity contribution >= 4 is 16.9 Å². The number of ether oxygens (including phenoxy) is 1. The Kier molecular flexibility index (Phi) is 3.48. The molecule has 0 fully saturated rings. The zero-order valence-electron chi connectivity index (χ0n) is 11.3. The summed E-state index contributed by atoms with van der Waals surface area (Å²) < 4.78 is 7.29. The summed E-state index contributed by atoms with van der Waals surface area (Å²) in [5.41, 5.74) is 7.24. The second-order valence-corrected chi connectivity index (χ2v) is 4.75. The molecule has 5 nitrogen and oxygen atoms in total. The van der Waals surface area contributed by atoms with Crippen molar-refractivity contribution < 1.29 is 14.6 Å². The Morgan fingerprint density at radius 1 is 1.42 bits per heavy atom. The van der Waals surface area contributed by atoms with E-state index >= 15 is 0 Å². The van der Waals surface area contributed by atoms with E-state index in [0.29, 0.717) is 5.69 Å². The van der Waals surface area contributed by atoms with Crippen molar-refractivity contribution in [3.63, 3.8) is 0 Å². The predicted molar refractivity (Wildman–Crippen MR) is 73.4 cm³/mol. The number of para-hydroxylation sites is 1. The van der Waals surface area contributed by atoms with E-state index < -0.39 is 12.0 Å². The molecule has 0 saturated heterocycles. The summed E-state index contributed by atoms with van der Waals surface area (Å²) in [6.45, 7) is 3.98. The number of aromatic nitrogens is 1. The van der Waals surface area contributed by atoms with Gasteiger partial charge in [-0.3, -0.25) is 4.79 Å². The number of nitrogens with zero attached hydrogens (tertiary/aromatic N) is 1. The molecular weight excluding hydrogens is 244 g/mol. The average molecular weight is 262 g/mol. The number of carboxylic acids is 1. The fraction of sp³-hybridized carbons (Fsp3) is 0.357. The normalized spacial score (nSPS) is 12.9.